The molecule has 0 N–H and O–H groups in total. The largest absolute Gasteiger partial charge is 0.493 e. The Labute approximate surface area is 174 Å². The Morgan fingerprint density at radius 3 is 2.41 bits per heavy atom. The lowest BCUT2D eigenvalue weighted by Gasteiger charge is -2.36. The molecule has 0 saturated carbocycles. The van der Waals surface area contributed by atoms with Crippen LogP contribution in [0.25, 0.3) is 0 Å². The molecule has 0 bridgehead atoms. The molecule has 11 heteroatoms. The maximum absolute atomic E-state index is 13.2. The molecule has 4 rings (SSSR count). The number of methoxy groups -OCH3 is 2. The molecule has 0 unspecified atom stereocenters. The Morgan fingerprint density at radius 2 is 1.83 bits per heavy atom. The first-order valence-electron chi connectivity index (χ1n) is 9.21. The second-order valence-corrected chi connectivity index (χ2v) is 10.3. The lowest BCUT2D eigenvalue weighted by molar-refractivity contribution is -0.136. The minimum absolute atomic E-state index is 0.139. The summed E-state index contributed by atoms with van der Waals surface area (Å²) >= 11 is 1.55. The van der Waals surface area contributed by atoms with Crippen molar-refractivity contribution in [2.24, 2.45) is 0 Å². The van der Waals surface area contributed by atoms with E-state index in [0.29, 0.717) is 35.9 Å². The molecular weight excluding hydrogens is 418 g/mol. The van der Waals surface area contributed by atoms with Gasteiger partial charge in [0.25, 0.3) is 5.91 Å². The first-order chi connectivity index (χ1) is 13.8. The van der Waals surface area contributed by atoms with Crippen LogP contribution in [0.2, 0.25) is 0 Å². The smallest absolute Gasteiger partial charge is 0.260 e. The van der Waals surface area contributed by atoms with E-state index in [1.807, 2.05) is 6.07 Å². The summed E-state index contributed by atoms with van der Waals surface area (Å²) in [5.41, 5.74) is 1.28. The quantitative estimate of drug-likeness (QED) is 0.666. The number of sulfonamides is 1. The Kier molecular flexibility index (Phi) is 5.16. The summed E-state index contributed by atoms with van der Waals surface area (Å²) in [5.74, 6) is 0.998. The minimum atomic E-state index is -3.27. The fourth-order valence-corrected chi connectivity index (χ4v) is 6.41. The van der Waals surface area contributed by atoms with Gasteiger partial charge in [0.1, 0.15) is 11.4 Å². The zero-order valence-electron chi connectivity index (χ0n) is 16.5. The number of hydrogen-bond donors (Lipinski definition) is 0. The summed E-state index contributed by atoms with van der Waals surface area (Å²) in [6, 6.07) is 3.05. The monoisotopic (exact) mass is 441 g/mol. The molecule has 1 aromatic carbocycles. The number of ether oxygens (including phenoxy) is 2. The molecule has 0 radical (unpaired) electrons. The van der Waals surface area contributed by atoms with Crippen molar-refractivity contribution < 1.29 is 27.5 Å². The molecule has 0 aromatic heterocycles. The van der Waals surface area contributed by atoms with Crippen LogP contribution < -0.4 is 9.47 Å². The van der Waals surface area contributed by atoms with Crippen LogP contribution in [0.4, 0.5) is 0 Å². The number of benzene rings is 1. The standard InChI is InChI=1S/C18H23N3O6S2/c1-26-13-5-4-11-14(15(13)27-2)17(23)21-12(10-28-18(11)21)16(22)19-6-8-20(9-7-19)29(3,24)25/h4-5,12,18H,6-10H2,1-3H3/t12-,18-/m1/s1. The third kappa shape index (κ3) is 3.24. The SMILES string of the molecule is COc1ccc2c(c1OC)C(=O)N1[C@@H](C(=O)N3CCN(S(C)(=O)=O)CC3)CS[C@H]21. The molecule has 2 fully saturated rings. The Hall–Kier alpha value is -1.98. The molecule has 0 spiro atoms. The van der Waals surface area contributed by atoms with E-state index < -0.39 is 16.1 Å². The van der Waals surface area contributed by atoms with Crippen molar-refractivity contribution in [3.8, 4) is 11.5 Å². The van der Waals surface area contributed by atoms with Crippen molar-refractivity contribution in [2.45, 2.75) is 11.4 Å². The van der Waals surface area contributed by atoms with Gasteiger partial charge in [-0.25, -0.2) is 8.42 Å². The average Bonchev–Trinajstić information content (AvgIpc) is 3.26. The zero-order valence-corrected chi connectivity index (χ0v) is 18.1. The van der Waals surface area contributed by atoms with Crippen molar-refractivity contribution in [2.75, 3.05) is 52.4 Å². The second kappa shape index (κ2) is 7.37. The maximum Gasteiger partial charge on any atom is 0.260 e. The topological polar surface area (TPSA) is 96.5 Å². The predicted molar refractivity (Wildman–Crippen MR) is 108 cm³/mol. The van der Waals surface area contributed by atoms with E-state index in [4.69, 9.17) is 9.47 Å². The van der Waals surface area contributed by atoms with Crippen LogP contribution in [0.1, 0.15) is 21.3 Å². The fraction of sp³-hybridized carbons (Fsp3) is 0.556. The Bertz CT molecular complexity index is 959. The molecular formula is C18H23N3O6S2. The van der Waals surface area contributed by atoms with Crippen molar-refractivity contribution in [1.82, 2.24) is 14.1 Å². The van der Waals surface area contributed by atoms with E-state index in [1.165, 1.54) is 24.8 Å². The van der Waals surface area contributed by atoms with E-state index in [1.54, 1.807) is 27.6 Å². The van der Waals surface area contributed by atoms with Gasteiger partial charge in [-0.05, 0) is 6.07 Å². The fourth-order valence-electron chi connectivity index (χ4n) is 4.13. The summed E-state index contributed by atoms with van der Waals surface area (Å²) in [6.07, 6.45) is 1.17. The normalized spacial score (nSPS) is 24.4. The number of carbonyl (C=O) groups excluding carboxylic acids is 2. The molecule has 158 valence electrons. The highest BCUT2D eigenvalue weighted by Crippen LogP contribution is 2.52. The molecule has 3 aliphatic heterocycles. The lowest BCUT2D eigenvalue weighted by atomic mass is 10.1. The van der Waals surface area contributed by atoms with Crippen LogP contribution in [-0.2, 0) is 14.8 Å². The van der Waals surface area contributed by atoms with E-state index in [2.05, 4.69) is 0 Å². The van der Waals surface area contributed by atoms with E-state index in [9.17, 15) is 18.0 Å². The summed E-state index contributed by atoms with van der Waals surface area (Å²) in [6.45, 7) is 1.19. The zero-order chi connectivity index (χ0) is 20.9. The highest BCUT2D eigenvalue weighted by molar-refractivity contribution is 7.99. The van der Waals surface area contributed by atoms with Crippen LogP contribution >= 0.6 is 11.8 Å². The molecule has 3 heterocycles. The van der Waals surface area contributed by atoms with Gasteiger partial charge in [-0.15, -0.1) is 11.8 Å². The molecule has 1 aromatic rings. The number of carbonyl (C=O) groups is 2. The van der Waals surface area contributed by atoms with Gasteiger partial charge in [0.15, 0.2) is 11.5 Å². The van der Waals surface area contributed by atoms with Crippen molar-refractivity contribution >= 4 is 33.6 Å². The number of hydrogen-bond acceptors (Lipinski definition) is 7. The third-order valence-corrected chi connectivity index (χ3v) is 8.21. The van der Waals surface area contributed by atoms with Gasteiger partial charge >= 0.3 is 0 Å². The van der Waals surface area contributed by atoms with Crippen molar-refractivity contribution in [3.05, 3.63) is 23.3 Å². The van der Waals surface area contributed by atoms with Crippen LogP contribution in [-0.4, -0.2) is 92.8 Å². The molecule has 3 aliphatic rings. The highest BCUT2D eigenvalue weighted by Gasteiger charge is 2.51. The lowest BCUT2D eigenvalue weighted by Crippen LogP contribution is -2.55. The number of rotatable bonds is 4. The van der Waals surface area contributed by atoms with E-state index in [-0.39, 0.29) is 30.3 Å². The average molecular weight is 442 g/mol. The van der Waals surface area contributed by atoms with Crippen molar-refractivity contribution in [3.63, 3.8) is 0 Å². The molecule has 2 atom stereocenters. The molecule has 9 nitrogen and oxygen atoms in total. The number of piperazine rings is 1. The number of thioether (sulfide) groups is 1. The Morgan fingerprint density at radius 1 is 1.14 bits per heavy atom. The third-order valence-electron chi connectivity index (χ3n) is 5.60. The van der Waals surface area contributed by atoms with Gasteiger partial charge < -0.3 is 19.3 Å². The van der Waals surface area contributed by atoms with Crippen LogP contribution in [0.15, 0.2) is 12.1 Å². The van der Waals surface area contributed by atoms with Crippen LogP contribution in [0.3, 0.4) is 0 Å². The Balaban J connectivity index is 1.55. The van der Waals surface area contributed by atoms with Gasteiger partial charge in [-0.2, -0.15) is 4.31 Å². The van der Waals surface area contributed by atoms with Gasteiger partial charge in [0.05, 0.1) is 26.0 Å². The molecule has 29 heavy (non-hydrogen) atoms. The first-order valence-corrected chi connectivity index (χ1v) is 12.1. The molecule has 2 saturated heterocycles. The summed E-state index contributed by atoms with van der Waals surface area (Å²) in [7, 11) is -0.259. The second-order valence-electron chi connectivity index (χ2n) is 7.17. The molecule has 0 aliphatic carbocycles. The molecule has 2 amide bonds. The number of fused-ring (bicyclic) bond motifs is 3. The maximum atomic E-state index is 13.2. The van der Waals surface area contributed by atoms with Crippen LogP contribution in [0.5, 0.6) is 11.5 Å². The minimum Gasteiger partial charge on any atom is -0.493 e. The summed E-state index contributed by atoms with van der Waals surface area (Å²) in [5, 5.41) is -0.233. The predicted octanol–water partition coefficient (Wildman–Crippen LogP) is 0.377. The van der Waals surface area contributed by atoms with Crippen LogP contribution in [0, 0.1) is 0 Å². The number of amides is 2. The van der Waals surface area contributed by atoms with Gasteiger partial charge in [0, 0.05) is 37.5 Å². The van der Waals surface area contributed by atoms with Crippen molar-refractivity contribution in [1.29, 1.82) is 0 Å². The number of nitrogens with zero attached hydrogens (tertiary/aromatic N) is 3. The van der Waals surface area contributed by atoms with Gasteiger partial charge in [-0.1, -0.05) is 6.07 Å². The van der Waals surface area contributed by atoms with Gasteiger partial charge in [-0.3, -0.25) is 9.59 Å². The summed E-state index contributed by atoms with van der Waals surface area (Å²) < 4.78 is 35.5. The first kappa shape index (κ1) is 20.3. The van der Waals surface area contributed by atoms with Gasteiger partial charge in [0.2, 0.25) is 15.9 Å². The van der Waals surface area contributed by atoms with E-state index >= 15 is 0 Å². The summed E-state index contributed by atoms with van der Waals surface area (Å²) in [4.78, 5) is 29.7. The highest BCUT2D eigenvalue weighted by atomic mass is 32.2. The van der Waals surface area contributed by atoms with E-state index in [0.717, 1.165) is 5.56 Å².